The molecule has 0 saturated carbocycles. The molecule has 2 aromatic carbocycles. The van der Waals surface area contributed by atoms with E-state index in [1.165, 1.54) is 4.57 Å². The Labute approximate surface area is 219 Å². The average molecular weight is 531 g/mol. The first-order chi connectivity index (χ1) is 18.1. The number of rotatable bonds is 9. The molecule has 4 rings (SSSR count). The molecule has 7 nitrogen and oxygen atoms in total. The zero-order chi connectivity index (χ0) is 27.3. The third-order valence-electron chi connectivity index (χ3n) is 6.98. The minimum Gasteiger partial charge on any atom is -0.482 e. The lowest BCUT2D eigenvalue weighted by Gasteiger charge is -2.36. The predicted octanol–water partition coefficient (Wildman–Crippen LogP) is 3.83. The largest absolute Gasteiger partial charge is 0.482 e. The summed E-state index contributed by atoms with van der Waals surface area (Å²) in [6.45, 7) is 6.54. The number of alkyl halides is 3. The molecule has 0 aliphatic carbocycles. The summed E-state index contributed by atoms with van der Waals surface area (Å²) in [4.78, 5) is 30.4. The van der Waals surface area contributed by atoms with Crippen molar-refractivity contribution in [2.45, 2.75) is 39.5 Å². The summed E-state index contributed by atoms with van der Waals surface area (Å²) in [5.74, 6) is 0.231. The SMILES string of the molecule is Cc1c(C)n(CCCN2CCN(c3ccccc3OCC(F)(F)F)CC2)c(=O)n(Cc2ccccc2)c1=O. The van der Waals surface area contributed by atoms with Crippen LogP contribution in [0.25, 0.3) is 0 Å². The van der Waals surface area contributed by atoms with E-state index in [0.29, 0.717) is 36.6 Å². The van der Waals surface area contributed by atoms with Gasteiger partial charge >= 0.3 is 11.9 Å². The van der Waals surface area contributed by atoms with E-state index in [2.05, 4.69) is 4.90 Å². The van der Waals surface area contributed by atoms with Crippen LogP contribution >= 0.6 is 0 Å². The van der Waals surface area contributed by atoms with Gasteiger partial charge in [0.1, 0.15) is 5.75 Å². The fourth-order valence-corrected chi connectivity index (χ4v) is 4.77. The molecule has 0 atom stereocenters. The minimum atomic E-state index is -4.39. The first-order valence-electron chi connectivity index (χ1n) is 12.7. The number of piperazine rings is 1. The van der Waals surface area contributed by atoms with Gasteiger partial charge in [-0.15, -0.1) is 0 Å². The molecule has 38 heavy (non-hydrogen) atoms. The molecule has 204 valence electrons. The van der Waals surface area contributed by atoms with Gasteiger partial charge in [0.05, 0.1) is 12.2 Å². The van der Waals surface area contributed by atoms with Crippen molar-refractivity contribution in [1.82, 2.24) is 14.0 Å². The lowest BCUT2D eigenvalue weighted by atomic mass is 10.2. The van der Waals surface area contributed by atoms with Crippen molar-refractivity contribution >= 4 is 5.69 Å². The van der Waals surface area contributed by atoms with Crippen LogP contribution in [0.4, 0.5) is 18.9 Å². The first-order valence-corrected chi connectivity index (χ1v) is 12.7. The highest BCUT2D eigenvalue weighted by atomic mass is 19.4. The highest BCUT2D eigenvalue weighted by molar-refractivity contribution is 5.58. The number of ether oxygens (including phenoxy) is 1. The lowest BCUT2D eigenvalue weighted by Crippen LogP contribution is -2.47. The highest BCUT2D eigenvalue weighted by Gasteiger charge is 2.29. The van der Waals surface area contributed by atoms with Gasteiger partial charge in [-0.25, -0.2) is 4.79 Å². The summed E-state index contributed by atoms with van der Waals surface area (Å²) in [6, 6.07) is 16.3. The Hall–Kier alpha value is -3.53. The summed E-state index contributed by atoms with van der Waals surface area (Å²) in [7, 11) is 0. The van der Waals surface area contributed by atoms with Gasteiger partial charge in [0.2, 0.25) is 0 Å². The van der Waals surface area contributed by atoms with Crippen LogP contribution in [0.5, 0.6) is 5.75 Å². The van der Waals surface area contributed by atoms with Crippen LogP contribution in [-0.4, -0.2) is 59.5 Å². The summed E-state index contributed by atoms with van der Waals surface area (Å²) in [5, 5.41) is 0. The molecule has 1 aliphatic heterocycles. The molecule has 3 aromatic rings. The number of anilines is 1. The Morgan fingerprint density at radius 3 is 2.18 bits per heavy atom. The van der Waals surface area contributed by atoms with E-state index < -0.39 is 12.8 Å². The average Bonchev–Trinajstić information content (AvgIpc) is 2.91. The Balaban J connectivity index is 1.36. The Kier molecular flexibility index (Phi) is 8.61. The molecule has 0 amide bonds. The summed E-state index contributed by atoms with van der Waals surface area (Å²) < 4.78 is 45.9. The third kappa shape index (κ3) is 6.66. The molecule has 0 spiro atoms. The van der Waals surface area contributed by atoms with Crippen molar-refractivity contribution in [3.8, 4) is 5.75 Å². The topological polar surface area (TPSA) is 59.7 Å². The fourth-order valence-electron chi connectivity index (χ4n) is 4.77. The van der Waals surface area contributed by atoms with Crippen LogP contribution in [-0.2, 0) is 13.1 Å². The van der Waals surface area contributed by atoms with Gasteiger partial charge in [0.25, 0.3) is 5.56 Å². The standard InChI is InChI=1S/C28H33F3N4O3/c1-21-22(2)34(27(37)35(26(21)36)19-23-9-4-3-5-10-23)14-8-13-32-15-17-33(18-16-32)24-11-6-7-12-25(24)38-20-28(29,30)31/h3-7,9-12H,8,13-20H2,1-2H3. The summed E-state index contributed by atoms with van der Waals surface area (Å²) in [5.41, 5.74) is 2.25. The van der Waals surface area contributed by atoms with Gasteiger partial charge < -0.3 is 9.64 Å². The number of hydrogen-bond donors (Lipinski definition) is 0. The Morgan fingerprint density at radius 2 is 1.50 bits per heavy atom. The predicted molar refractivity (Wildman–Crippen MR) is 141 cm³/mol. The van der Waals surface area contributed by atoms with Crippen LogP contribution in [0.1, 0.15) is 23.2 Å². The van der Waals surface area contributed by atoms with Crippen molar-refractivity contribution in [1.29, 1.82) is 0 Å². The van der Waals surface area contributed by atoms with Gasteiger partial charge in [-0.3, -0.25) is 18.8 Å². The number of halogens is 3. The van der Waals surface area contributed by atoms with Crippen molar-refractivity contribution in [3.63, 3.8) is 0 Å². The number of nitrogens with zero attached hydrogens (tertiary/aromatic N) is 4. The second-order valence-corrected chi connectivity index (χ2v) is 9.58. The lowest BCUT2D eigenvalue weighted by molar-refractivity contribution is -0.153. The van der Waals surface area contributed by atoms with E-state index in [9.17, 15) is 22.8 Å². The van der Waals surface area contributed by atoms with Crippen molar-refractivity contribution in [3.05, 3.63) is 92.3 Å². The zero-order valence-electron chi connectivity index (χ0n) is 21.7. The molecule has 10 heteroatoms. The van der Waals surface area contributed by atoms with Gasteiger partial charge in [0, 0.05) is 44.0 Å². The Morgan fingerprint density at radius 1 is 0.842 bits per heavy atom. The van der Waals surface area contributed by atoms with Crippen LogP contribution in [0.15, 0.2) is 64.2 Å². The summed E-state index contributed by atoms with van der Waals surface area (Å²) >= 11 is 0. The van der Waals surface area contributed by atoms with Crippen LogP contribution in [0, 0.1) is 13.8 Å². The molecule has 1 fully saturated rings. The fraction of sp³-hybridized carbons (Fsp3) is 0.429. The van der Waals surface area contributed by atoms with E-state index in [4.69, 9.17) is 4.74 Å². The Bertz CT molecular complexity index is 1340. The van der Waals surface area contributed by atoms with Gasteiger partial charge in [-0.1, -0.05) is 42.5 Å². The molecule has 2 heterocycles. The minimum absolute atomic E-state index is 0.231. The number of hydrogen-bond acceptors (Lipinski definition) is 5. The molecule has 0 radical (unpaired) electrons. The van der Waals surface area contributed by atoms with Gasteiger partial charge in [-0.2, -0.15) is 13.2 Å². The molecule has 0 N–H and O–H groups in total. The van der Waals surface area contributed by atoms with Crippen LogP contribution in [0.2, 0.25) is 0 Å². The quantitative estimate of drug-likeness (QED) is 0.421. The van der Waals surface area contributed by atoms with E-state index >= 15 is 0 Å². The molecule has 1 saturated heterocycles. The third-order valence-corrected chi connectivity index (χ3v) is 6.98. The number of para-hydroxylation sites is 2. The second kappa shape index (κ2) is 11.9. The zero-order valence-corrected chi connectivity index (χ0v) is 21.7. The van der Waals surface area contributed by atoms with Gasteiger partial charge in [0.15, 0.2) is 6.61 Å². The molecular weight excluding hydrogens is 497 g/mol. The molecular formula is C28H33F3N4O3. The molecule has 1 aromatic heterocycles. The van der Waals surface area contributed by atoms with E-state index in [-0.39, 0.29) is 23.5 Å². The second-order valence-electron chi connectivity index (χ2n) is 9.58. The molecule has 1 aliphatic rings. The number of benzene rings is 2. The van der Waals surface area contributed by atoms with E-state index in [0.717, 1.165) is 31.6 Å². The van der Waals surface area contributed by atoms with Gasteiger partial charge in [-0.05, 0) is 44.5 Å². The maximum absolute atomic E-state index is 13.2. The van der Waals surface area contributed by atoms with Crippen molar-refractivity contribution in [2.75, 3.05) is 44.2 Å². The van der Waals surface area contributed by atoms with Crippen LogP contribution < -0.4 is 20.9 Å². The monoisotopic (exact) mass is 530 g/mol. The maximum atomic E-state index is 13.2. The number of aromatic nitrogens is 2. The normalized spacial score (nSPS) is 14.6. The molecule has 0 unspecified atom stereocenters. The van der Waals surface area contributed by atoms with E-state index in [1.54, 1.807) is 35.8 Å². The van der Waals surface area contributed by atoms with Crippen molar-refractivity contribution in [2.24, 2.45) is 0 Å². The smallest absolute Gasteiger partial charge is 0.422 e. The molecule has 0 bridgehead atoms. The van der Waals surface area contributed by atoms with Crippen molar-refractivity contribution < 1.29 is 17.9 Å². The summed E-state index contributed by atoms with van der Waals surface area (Å²) in [6.07, 6.45) is -3.66. The van der Waals surface area contributed by atoms with Crippen LogP contribution in [0.3, 0.4) is 0 Å². The highest BCUT2D eigenvalue weighted by Crippen LogP contribution is 2.30. The first kappa shape index (κ1) is 27.5. The maximum Gasteiger partial charge on any atom is 0.422 e. The van der Waals surface area contributed by atoms with E-state index in [1.807, 2.05) is 42.2 Å².